The molecule has 0 amide bonds. The van der Waals surface area contributed by atoms with Crippen molar-refractivity contribution in [3.63, 3.8) is 0 Å². The second kappa shape index (κ2) is 4.51. The van der Waals surface area contributed by atoms with Gasteiger partial charge in [0, 0.05) is 6.26 Å². The smallest absolute Gasteiger partial charge is 0.226 e. The molecule has 1 atom stereocenters. The highest BCUT2D eigenvalue weighted by atomic mass is 32.3. The van der Waals surface area contributed by atoms with Gasteiger partial charge in [-0.25, -0.2) is 21.6 Å². The third kappa shape index (κ3) is 6.24. The summed E-state index contributed by atoms with van der Waals surface area (Å²) in [5, 5.41) is -0.965. The monoisotopic (exact) mass is 260 g/mol. The molecule has 0 bridgehead atoms. The van der Waals surface area contributed by atoms with E-state index >= 15 is 0 Å². The van der Waals surface area contributed by atoms with Crippen molar-refractivity contribution in [2.45, 2.75) is 13.0 Å². The van der Waals surface area contributed by atoms with Crippen LogP contribution in [0.5, 0.6) is 0 Å². The van der Waals surface area contributed by atoms with Gasteiger partial charge in [-0.05, 0) is 6.92 Å². The Morgan fingerprint density at radius 1 is 1.43 bits per heavy atom. The highest BCUT2D eigenvalue weighted by Crippen LogP contribution is 1.94. The Hall–Kier alpha value is -0.250. The summed E-state index contributed by atoms with van der Waals surface area (Å²) in [5.74, 6) is 0. The molecule has 0 fully saturated rings. The largest absolute Gasteiger partial charge is 0.392 e. The first-order valence-electron chi connectivity index (χ1n) is 3.50. The molecule has 0 aromatic heterocycles. The van der Waals surface area contributed by atoms with E-state index in [0.717, 1.165) is 6.26 Å². The molecule has 0 saturated heterocycles. The molecule has 3 N–H and O–H groups in total. The van der Waals surface area contributed by atoms with Gasteiger partial charge < -0.3 is 5.73 Å². The first-order chi connectivity index (χ1) is 6.03. The van der Waals surface area contributed by atoms with Crippen LogP contribution in [0.3, 0.4) is 0 Å². The fourth-order valence-corrected chi connectivity index (χ4v) is 3.97. The van der Waals surface area contributed by atoms with Gasteiger partial charge in [0.1, 0.15) is 0 Å². The Morgan fingerprint density at radius 2 is 1.86 bits per heavy atom. The summed E-state index contributed by atoms with van der Waals surface area (Å²) in [6, 6.07) is -0.753. The fraction of sp³-hybridized carbons (Fsp3) is 0.800. The van der Waals surface area contributed by atoms with Gasteiger partial charge >= 0.3 is 0 Å². The maximum absolute atomic E-state index is 11.2. The van der Waals surface area contributed by atoms with E-state index in [4.69, 9.17) is 5.73 Å². The Balaban J connectivity index is 4.61. The molecule has 84 valence electrons. The number of sulfone groups is 1. The zero-order valence-corrected chi connectivity index (χ0v) is 10.2. The van der Waals surface area contributed by atoms with Gasteiger partial charge in [-0.1, -0.05) is 12.2 Å². The summed E-state index contributed by atoms with van der Waals surface area (Å²) in [5.41, 5.74) is 5.16. The fourth-order valence-electron chi connectivity index (χ4n) is 0.643. The van der Waals surface area contributed by atoms with Crippen LogP contribution in [0, 0.1) is 0 Å². The van der Waals surface area contributed by atoms with E-state index in [1.807, 2.05) is 4.72 Å². The second-order valence-electron chi connectivity index (χ2n) is 2.90. The highest BCUT2D eigenvalue weighted by Gasteiger charge is 2.21. The summed E-state index contributed by atoms with van der Waals surface area (Å²) in [6.07, 6.45) is 0.831. The van der Waals surface area contributed by atoms with Crippen LogP contribution in [-0.4, -0.2) is 39.2 Å². The predicted molar refractivity (Wildman–Crippen MR) is 58.0 cm³/mol. The quantitative estimate of drug-likeness (QED) is 0.588. The number of nitrogens with two attached hydrogens (primary N) is 1. The molecule has 0 aromatic carbocycles. The van der Waals surface area contributed by atoms with Crippen LogP contribution >= 0.6 is 12.2 Å². The van der Waals surface area contributed by atoms with Gasteiger partial charge in [0.05, 0.1) is 11.0 Å². The van der Waals surface area contributed by atoms with Crippen molar-refractivity contribution in [3.8, 4) is 0 Å². The van der Waals surface area contributed by atoms with Gasteiger partial charge in [-0.2, -0.15) is 0 Å². The SMILES string of the molecule is CC(NS(=O)(=O)CS(C)(=O)=O)C(N)=S. The molecule has 0 rings (SSSR count). The van der Waals surface area contributed by atoms with Crippen molar-refractivity contribution in [1.82, 2.24) is 4.72 Å². The lowest BCUT2D eigenvalue weighted by Crippen LogP contribution is -2.43. The first kappa shape index (κ1) is 13.8. The lowest BCUT2D eigenvalue weighted by molar-refractivity contribution is 0.578. The number of rotatable bonds is 5. The summed E-state index contributed by atoms with van der Waals surface area (Å²) < 4.78 is 45.8. The summed E-state index contributed by atoms with van der Waals surface area (Å²) >= 11 is 4.53. The lowest BCUT2D eigenvalue weighted by Gasteiger charge is -2.11. The third-order valence-electron chi connectivity index (χ3n) is 1.15. The molecule has 14 heavy (non-hydrogen) atoms. The van der Waals surface area contributed by atoms with Crippen molar-refractivity contribution in [1.29, 1.82) is 0 Å². The van der Waals surface area contributed by atoms with Crippen LogP contribution in [0.4, 0.5) is 0 Å². The number of hydrogen-bond donors (Lipinski definition) is 2. The summed E-state index contributed by atoms with van der Waals surface area (Å²) in [6.45, 7) is 1.43. The Labute approximate surface area is 88.8 Å². The van der Waals surface area contributed by atoms with Crippen molar-refractivity contribution < 1.29 is 16.8 Å². The van der Waals surface area contributed by atoms with Gasteiger partial charge in [-0.15, -0.1) is 0 Å². The molecule has 0 aliphatic carbocycles. The molecule has 0 aliphatic heterocycles. The molecule has 0 saturated carbocycles. The summed E-state index contributed by atoms with van der Waals surface area (Å²) in [7, 11) is -7.48. The molecule has 0 aliphatic rings. The van der Waals surface area contributed by atoms with Crippen molar-refractivity contribution in [3.05, 3.63) is 0 Å². The van der Waals surface area contributed by atoms with Crippen LogP contribution < -0.4 is 10.5 Å². The molecular formula is C5H12N2O4S3. The van der Waals surface area contributed by atoms with E-state index in [0.29, 0.717) is 0 Å². The van der Waals surface area contributed by atoms with E-state index in [1.54, 1.807) is 0 Å². The Kier molecular flexibility index (Phi) is 4.43. The third-order valence-corrected chi connectivity index (χ3v) is 5.17. The van der Waals surface area contributed by atoms with Crippen LogP contribution in [0.2, 0.25) is 0 Å². The van der Waals surface area contributed by atoms with Crippen molar-refractivity contribution in [2.75, 3.05) is 11.3 Å². The van der Waals surface area contributed by atoms with E-state index in [9.17, 15) is 16.8 Å². The number of thiocarbonyl (C=S) groups is 1. The molecule has 0 spiro atoms. The minimum Gasteiger partial charge on any atom is -0.392 e. The van der Waals surface area contributed by atoms with Crippen LogP contribution in [0.1, 0.15) is 6.92 Å². The Morgan fingerprint density at radius 3 is 2.14 bits per heavy atom. The van der Waals surface area contributed by atoms with Crippen LogP contribution in [0.25, 0.3) is 0 Å². The minimum absolute atomic E-state index is 0.0397. The number of hydrogen-bond acceptors (Lipinski definition) is 5. The molecule has 9 heteroatoms. The van der Waals surface area contributed by atoms with E-state index in [1.165, 1.54) is 6.92 Å². The van der Waals surface area contributed by atoms with E-state index in [-0.39, 0.29) is 4.99 Å². The average molecular weight is 260 g/mol. The van der Waals surface area contributed by atoms with Gasteiger partial charge in [0.25, 0.3) is 0 Å². The van der Waals surface area contributed by atoms with Crippen LogP contribution in [-0.2, 0) is 19.9 Å². The molecular weight excluding hydrogens is 248 g/mol. The second-order valence-corrected chi connectivity index (χ2v) is 7.63. The van der Waals surface area contributed by atoms with E-state index < -0.39 is 31.0 Å². The van der Waals surface area contributed by atoms with Gasteiger partial charge in [0.15, 0.2) is 14.9 Å². The topological polar surface area (TPSA) is 106 Å². The molecule has 1 unspecified atom stereocenters. The van der Waals surface area contributed by atoms with Gasteiger partial charge in [0.2, 0.25) is 10.0 Å². The Bertz CT molecular complexity index is 410. The standard InChI is InChI=1S/C5H12N2O4S3/c1-4(5(6)12)7-14(10,11)3-13(2,8)9/h4,7H,3H2,1-2H3,(H2,6,12). The van der Waals surface area contributed by atoms with Crippen molar-refractivity contribution in [2.24, 2.45) is 5.73 Å². The maximum Gasteiger partial charge on any atom is 0.226 e. The zero-order chi connectivity index (χ0) is 11.6. The van der Waals surface area contributed by atoms with E-state index in [2.05, 4.69) is 12.2 Å². The molecule has 6 nitrogen and oxygen atoms in total. The minimum atomic E-state index is -3.89. The van der Waals surface area contributed by atoms with Crippen molar-refractivity contribution >= 4 is 37.1 Å². The molecule has 0 aromatic rings. The maximum atomic E-state index is 11.2. The normalized spacial score (nSPS) is 15.0. The first-order valence-corrected chi connectivity index (χ1v) is 7.62. The van der Waals surface area contributed by atoms with Gasteiger partial charge in [-0.3, -0.25) is 0 Å². The zero-order valence-electron chi connectivity index (χ0n) is 7.72. The molecule has 0 heterocycles. The summed E-state index contributed by atoms with van der Waals surface area (Å²) in [4.78, 5) is -0.0397. The highest BCUT2D eigenvalue weighted by molar-refractivity contribution is 8.06. The number of nitrogens with one attached hydrogen (secondary N) is 1. The molecule has 0 radical (unpaired) electrons. The van der Waals surface area contributed by atoms with Crippen LogP contribution in [0.15, 0.2) is 0 Å². The predicted octanol–water partition coefficient (Wildman–Crippen LogP) is -1.42. The lowest BCUT2D eigenvalue weighted by atomic mass is 10.4. The average Bonchev–Trinajstić information content (AvgIpc) is 1.78. The number of sulfonamides is 1.